The highest BCUT2D eigenvalue weighted by atomic mass is 14.2. The molecule has 11 heavy (non-hydrogen) atoms. The van der Waals surface area contributed by atoms with Gasteiger partial charge in [0, 0.05) is 0 Å². The van der Waals surface area contributed by atoms with Gasteiger partial charge in [0.25, 0.3) is 0 Å². The fourth-order valence-corrected chi connectivity index (χ4v) is 2.13. The fourth-order valence-electron chi connectivity index (χ4n) is 2.13. The van der Waals surface area contributed by atoms with Gasteiger partial charge in [0.05, 0.1) is 0 Å². The molecule has 0 amide bonds. The van der Waals surface area contributed by atoms with Crippen molar-refractivity contribution in [1.29, 1.82) is 0 Å². The molecule has 0 aliphatic heterocycles. The van der Waals surface area contributed by atoms with Crippen LogP contribution in [0.15, 0.2) is 23.8 Å². The molecule has 0 heteroatoms. The maximum absolute atomic E-state index is 2.43. The van der Waals surface area contributed by atoms with Gasteiger partial charge in [-0.05, 0) is 44.4 Å². The topological polar surface area (TPSA) is 0 Å². The number of allylic oxidation sites excluding steroid dienone is 4. The largest absolute Gasteiger partial charge is 0.0851 e. The summed E-state index contributed by atoms with van der Waals surface area (Å²) in [6, 6.07) is 0. The molecule has 2 rings (SSSR count). The average molecular weight is 148 g/mol. The van der Waals surface area contributed by atoms with Crippen LogP contribution in [-0.4, -0.2) is 0 Å². The molecule has 0 N–H and O–H groups in total. The Labute approximate surface area is 69.0 Å². The summed E-state index contributed by atoms with van der Waals surface area (Å²) in [5.74, 6) is 0.904. The van der Waals surface area contributed by atoms with E-state index in [1.54, 1.807) is 5.57 Å². The summed E-state index contributed by atoms with van der Waals surface area (Å²) in [5, 5.41) is 0. The maximum atomic E-state index is 2.43. The summed E-state index contributed by atoms with van der Waals surface area (Å²) in [4.78, 5) is 0. The molecule has 60 valence electrons. The fraction of sp³-hybridized carbons (Fsp3) is 0.636. The third-order valence-electron chi connectivity index (χ3n) is 2.86. The number of rotatable bonds is 0. The van der Waals surface area contributed by atoms with Gasteiger partial charge >= 0.3 is 0 Å². The van der Waals surface area contributed by atoms with Crippen LogP contribution in [-0.2, 0) is 0 Å². The van der Waals surface area contributed by atoms with Crippen LogP contribution in [0.4, 0.5) is 0 Å². The summed E-state index contributed by atoms with van der Waals surface area (Å²) < 4.78 is 0. The van der Waals surface area contributed by atoms with Crippen molar-refractivity contribution in [2.75, 3.05) is 0 Å². The monoisotopic (exact) mass is 148 g/mol. The van der Waals surface area contributed by atoms with Crippen LogP contribution < -0.4 is 0 Å². The smallest absolute Gasteiger partial charge is 0.0166 e. The van der Waals surface area contributed by atoms with E-state index in [1.807, 2.05) is 0 Å². The Morgan fingerprint density at radius 1 is 1.18 bits per heavy atom. The summed E-state index contributed by atoms with van der Waals surface area (Å²) >= 11 is 0. The molecular weight excluding hydrogens is 132 g/mol. The molecule has 0 nitrogen and oxygen atoms in total. The van der Waals surface area contributed by atoms with Crippen molar-refractivity contribution >= 4 is 0 Å². The minimum absolute atomic E-state index is 0.904. The Morgan fingerprint density at radius 2 is 2.18 bits per heavy atom. The second kappa shape index (κ2) is 3.25. The minimum Gasteiger partial charge on any atom is -0.0851 e. The molecule has 2 bridgehead atoms. The molecule has 0 heterocycles. The first kappa shape index (κ1) is 7.15. The number of hydrogen-bond donors (Lipinski definition) is 0. The molecule has 0 aromatic rings. The van der Waals surface area contributed by atoms with Gasteiger partial charge in [-0.15, -0.1) is 0 Å². The van der Waals surface area contributed by atoms with Crippen molar-refractivity contribution in [2.45, 2.75) is 38.5 Å². The van der Waals surface area contributed by atoms with Gasteiger partial charge in [0.15, 0.2) is 0 Å². The highest BCUT2D eigenvalue weighted by molar-refractivity contribution is 5.10. The standard InChI is InChI=1S/C11H16/c1-2-5-11-7-3-6-10(4-1)8-9-11/h1,4-5,10H,2-3,6-9H2. The Bertz CT molecular complexity index is 186. The van der Waals surface area contributed by atoms with Gasteiger partial charge in [-0.1, -0.05) is 23.8 Å². The first-order valence-corrected chi connectivity index (χ1v) is 4.80. The quantitative estimate of drug-likeness (QED) is 0.461. The minimum atomic E-state index is 0.904. The van der Waals surface area contributed by atoms with E-state index >= 15 is 0 Å². The van der Waals surface area contributed by atoms with Crippen molar-refractivity contribution in [3.05, 3.63) is 23.8 Å². The first-order valence-electron chi connectivity index (χ1n) is 4.80. The zero-order chi connectivity index (χ0) is 7.52. The molecular formula is C11H16. The van der Waals surface area contributed by atoms with E-state index in [9.17, 15) is 0 Å². The number of fused-ring (bicyclic) bond motifs is 3. The lowest BCUT2D eigenvalue weighted by Crippen LogP contribution is -1.94. The van der Waals surface area contributed by atoms with Crippen molar-refractivity contribution < 1.29 is 0 Å². The maximum Gasteiger partial charge on any atom is -0.0166 e. The Morgan fingerprint density at radius 3 is 3.18 bits per heavy atom. The SMILES string of the molecule is C1=CC2CCCC(=CC1)CC2. The molecule has 0 radical (unpaired) electrons. The van der Waals surface area contributed by atoms with E-state index in [-0.39, 0.29) is 0 Å². The van der Waals surface area contributed by atoms with Crippen molar-refractivity contribution in [3.63, 3.8) is 0 Å². The van der Waals surface area contributed by atoms with Crippen LogP contribution in [0.3, 0.4) is 0 Å². The second-order valence-electron chi connectivity index (χ2n) is 3.72. The summed E-state index contributed by atoms with van der Waals surface area (Å²) in [5.41, 5.74) is 1.72. The highest BCUT2D eigenvalue weighted by Crippen LogP contribution is 2.29. The lowest BCUT2D eigenvalue weighted by molar-refractivity contribution is 0.560. The molecule has 1 atom stereocenters. The summed E-state index contributed by atoms with van der Waals surface area (Å²) in [6.07, 6.45) is 15.4. The van der Waals surface area contributed by atoms with Gasteiger partial charge < -0.3 is 0 Å². The van der Waals surface area contributed by atoms with Gasteiger partial charge in [-0.3, -0.25) is 0 Å². The van der Waals surface area contributed by atoms with E-state index < -0.39 is 0 Å². The van der Waals surface area contributed by atoms with Gasteiger partial charge in [0.2, 0.25) is 0 Å². The second-order valence-corrected chi connectivity index (χ2v) is 3.72. The summed E-state index contributed by atoms with van der Waals surface area (Å²) in [6.45, 7) is 0. The lowest BCUT2D eigenvalue weighted by Gasteiger charge is -2.08. The van der Waals surface area contributed by atoms with Crippen LogP contribution in [0.5, 0.6) is 0 Å². The zero-order valence-corrected chi connectivity index (χ0v) is 7.05. The van der Waals surface area contributed by atoms with Crippen LogP contribution in [0.1, 0.15) is 38.5 Å². The Kier molecular flexibility index (Phi) is 2.11. The van der Waals surface area contributed by atoms with Gasteiger partial charge in [-0.25, -0.2) is 0 Å². The van der Waals surface area contributed by atoms with Crippen molar-refractivity contribution in [2.24, 2.45) is 5.92 Å². The number of hydrogen-bond acceptors (Lipinski definition) is 0. The van der Waals surface area contributed by atoms with Gasteiger partial charge in [0.1, 0.15) is 0 Å². The van der Waals surface area contributed by atoms with E-state index in [4.69, 9.17) is 0 Å². The Hall–Kier alpha value is -0.520. The molecule has 0 aromatic carbocycles. The predicted octanol–water partition coefficient (Wildman–Crippen LogP) is 3.45. The van der Waals surface area contributed by atoms with Gasteiger partial charge in [-0.2, -0.15) is 0 Å². The van der Waals surface area contributed by atoms with Crippen LogP contribution in [0.25, 0.3) is 0 Å². The van der Waals surface area contributed by atoms with E-state index in [1.165, 1.54) is 38.5 Å². The molecule has 1 fully saturated rings. The third-order valence-corrected chi connectivity index (χ3v) is 2.86. The molecule has 0 aromatic heterocycles. The molecule has 1 unspecified atom stereocenters. The zero-order valence-electron chi connectivity index (χ0n) is 7.05. The molecule has 2 aliphatic rings. The molecule has 0 spiro atoms. The van der Waals surface area contributed by atoms with Crippen molar-refractivity contribution in [1.82, 2.24) is 0 Å². The molecule has 0 saturated heterocycles. The van der Waals surface area contributed by atoms with E-state index in [0.717, 1.165) is 5.92 Å². The molecule has 2 aliphatic carbocycles. The van der Waals surface area contributed by atoms with E-state index in [0.29, 0.717) is 0 Å². The van der Waals surface area contributed by atoms with Crippen molar-refractivity contribution in [3.8, 4) is 0 Å². The first-order chi connectivity index (χ1) is 5.45. The predicted molar refractivity (Wildman–Crippen MR) is 48.4 cm³/mol. The highest BCUT2D eigenvalue weighted by Gasteiger charge is 2.12. The Balaban J connectivity index is 2.17. The normalized spacial score (nSPS) is 30.5. The van der Waals surface area contributed by atoms with E-state index in [2.05, 4.69) is 18.2 Å². The van der Waals surface area contributed by atoms with Crippen LogP contribution in [0.2, 0.25) is 0 Å². The third kappa shape index (κ3) is 1.74. The molecule has 1 saturated carbocycles. The van der Waals surface area contributed by atoms with Crippen LogP contribution in [0, 0.1) is 5.92 Å². The summed E-state index contributed by atoms with van der Waals surface area (Å²) in [7, 11) is 0. The lowest BCUT2D eigenvalue weighted by atomic mass is 9.97. The van der Waals surface area contributed by atoms with Crippen LogP contribution >= 0.6 is 0 Å². The average Bonchev–Trinajstić information content (AvgIpc) is 2.11.